The van der Waals surface area contributed by atoms with Crippen LogP contribution in [0, 0.1) is 5.92 Å². The summed E-state index contributed by atoms with van der Waals surface area (Å²) in [6.45, 7) is 4.49. The Labute approximate surface area is 109 Å². The number of likely N-dealkylation sites (N-methyl/N-ethyl adjacent to an activating group) is 1. The van der Waals surface area contributed by atoms with Gasteiger partial charge in [-0.2, -0.15) is 0 Å². The second kappa shape index (κ2) is 7.35. The molecule has 0 bridgehead atoms. The smallest absolute Gasteiger partial charge is 0.239 e. The van der Waals surface area contributed by atoms with E-state index in [9.17, 15) is 4.79 Å². The maximum absolute atomic E-state index is 11.9. The summed E-state index contributed by atoms with van der Waals surface area (Å²) in [5, 5.41) is 0. The number of hydrogen-bond acceptors (Lipinski definition) is 3. The van der Waals surface area contributed by atoms with Crippen LogP contribution in [0.5, 0.6) is 0 Å². The monoisotopic (exact) mass is 260 g/mol. The van der Waals surface area contributed by atoms with Crippen LogP contribution in [0.4, 0.5) is 0 Å². The summed E-state index contributed by atoms with van der Waals surface area (Å²) in [6, 6.07) is 3.23. The third-order valence-corrected chi connectivity index (χ3v) is 2.89. The first-order valence-electron chi connectivity index (χ1n) is 5.59. The zero-order chi connectivity index (χ0) is 12.1. The van der Waals surface area contributed by atoms with Crippen molar-refractivity contribution >= 4 is 18.3 Å². The van der Waals surface area contributed by atoms with Crippen molar-refractivity contribution in [1.82, 2.24) is 4.90 Å². The Morgan fingerprint density at radius 3 is 2.71 bits per heavy atom. The number of nitrogens with zero attached hydrogens (tertiary/aromatic N) is 1. The molecule has 1 aromatic heterocycles. The minimum Gasteiger partial charge on any atom is -0.467 e. The number of rotatable bonds is 5. The molecule has 0 aliphatic carbocycles. The minimum absolute atomic E-state index is 0. The van der Waals surface area contributed by atoms with Gasteiger partial charge in [0.1, 0.15) is 5.76 Å². The lowest BCUT2D eigenvalue weighted by molar-refractivity contribution is -0.133. The van der Waals surface area contributed by atoms with E-state index in [2.05, 4.69) is 0 Å². The normalized spacial score (nSPS) is 13.6. The van der Waals surface area contributed by atoms with Crippen LogP contribution in [0.25, 0.3) is 0 Å². The largest absolute Gasteiger partial charge is 0.467 e. The van der Waals surface area contributed by atoms with E-state index >= 15 is 0 Å². The predicted molar refractivity (Wildman–Crippen MR) is 69.9 cm³/mol. The van der Waals surface area contributed by atoms with Crippen LogP contribution in [0.2, 0.25) is 0 Å². The van der Waals surface area contributed by atoms with Gasteiger partial charge in [0, 0.05) is 7.05 Å². The third-order valence-electron chi connectivity index (χ3n) is 2.89. The van der Waals surface area contributed by atoms with Gasteiger partial charge in [-0.25, -0.2) is 0 Å². The van der Waals surface area contributed by atoms with Gasteiger partial charge < -0.3 is 15.1 Å². The van der Waals surface area contributed by atoms with Crippen LogP contribution in [-0.4, -0.2) is 23.9 Å². The van der Waals surface area contributed by atoms with Crippen LogP contribution in [0.15, 0.2) is 22.8 Å². The second-order valence-corrected chi connectivity index (χ2v) is 4.18. The molecule has 2 N–H and O–H groups in total. The number of hydrogen-bond donors (Lipinski definition) is 1. The number of halogens is 1. The molecule has 4 nitrogen and oxygen atoms in total. The molecule has 5 heteroatoms. The van der Waals surface area contributed by atoms with Gasteiger partial charge in [0.2, 0.25) is 5.91 Å². The molecule has 0 fully saturated rings. The summed E-state index contributed by atoms with van der Waals surface area (Å²) in [5.41, 5.74) is 5.88. The average Bonchev–Trinajstić information content (AvgIpc) is 2.78. The molecule has 1 amide bonds. The lowest BCUT2D eigenvalue weighted by Gasteiger charge is -2.23. The highest BCUT2D eigenvalue weighted by molar-refractivity contribution is 5.85. The molecule has 0 aromatic carbocycles. The maximum Gasteiger partial charge on any atom is 0.239 e. The molecule has 1 rings (SSSR count). The standard InChI is InChI=1S/C12H20N2O2.ClH/c1-4-9(2)11(13)12(15)14(3)8-10-6-5-7-16-10;/h5-7,9,11H,4,8,13H2,1-3H3;1H. The number of furan rings is 1. The van der Waals surface area contributed by atoms with Crippen molar-refractivity contribution in [3.05, 3.63) is 24.2 Å². The van der Waals surface area contributed by atoms with Gasteiger partial charge >= 0.3 is 0 Å². The number of carbonyl (C=O) groups is 1. The van der Waals surface area contributed by atoms with Crippen molar-refractivity contribution in [3.63, 3.8) is 0 Å². The van der Waals surface area contributed by atoms with E-state index in [0.717, 1.165) is 12.2 Å². The molecule has 0 saturated carbocycles. The predicted octanol–water partition coefficient (Wildman–Crippen LogP) is 2.03. The van der Waals surface area contributed by atoms with E-state index in [0.29, 0.717) is 6.54 Å². The lowest BCUT2D eigenvalue weighted by atomic mass is 9.99. The first-order valence-corrected chi connectivity index (χ1v) is 5.59. The van der Waals surface area contributed by atoms with E-state index in [1.54, 1.807) is 18.2 Å². The lowest BCUT2D eigenvalue weighted by Crippen LogP contribution is -2.45. The van der Waals surface area contributed by atoms with E-state index in [1.807, 2.05) is 26.0 Å². The minimum atomic E-state index is -0.426. The fourth-order valence-electron chi connectivity index (χ4n) is 1.47. The molecule has 1 heterocycles. The SMILES string of the molecule is CCC(C)C(N)C(=O)N(C)Cc1ccco1.Cl. The highest BCUT2D eigenvalue weighted by atomic mass is 35.5. The zero-order valence-corrected chi connectivity index (χ0v) is 11.4. The molecule has 17 heavy (non-hydrogen) atoms. The molecule has 2 atom stereocenters. The Hall–Kier alpha value is -1.00. The Balaban J connectivity index is 0.00000256. The number of amides is 1. The van der Waals surface area contributed by atoms with Gasteiger partial charge in [-0.05, 0) is 18.1 Å². The van der Waals surface area contributed by atoms with Gasteiger partial charge in [0.25, 0.3) is 0 Å². The molecule has 98 valence electrons. The van der Waals surface area contributed by atoms with Crippen LogP contribution < -0.4 is 5.73 Å². The van der Waals surface area contributed by atoms with Gasteiger partial charge in [-0.15, -0.1) is 12.4 Å². The van der Waals surface area contributed by atoms with Crippen LogP contribution >= 0.6 is 12.4 Å². The molecule has 2 unspecified atom stereocenters. The summed E-state index contributed by atoms with van der Waals surface area (Å²) in [5.74, 6) is 0.935. The number of carbonyl (C=O) groups excluding carboxylic acids is 1. The summed E-state index contributed by atoms with van der Waals surface area (Å²) in [7, 11) is 1.74. The first-order chi connectivity index (χ1) is 7.56. The molecule has 0 spiro atoms. The topological polar surface area (TPSA) is 59.5 Å². The van der Waals surface area contributed by atoms with Gasteiger partial charge in [0.05, 0.1) is 18.8 Å². The van der Waals surface area contributed by atoms with Crippen LogP contribution in [0.3, 0.4) is 0 Å². The average molecular weight is 261 g/mol. The first kappa shape index (κ1) is 16.0. The van der Waals surface area contributed by atoms with E-state index < -0.39 is 6.04 Å². The Morgan fingerprint density at radius 1 is 1.59 bits per heavy atom. The van der Waals surface area contributed by atoms with Crippen molar-refractivity contribution in [2.24, 2.45) is 11.7 Å². The highest BCUT2D eigenvalue weighted by Gasteiger charge is 2.23. The van der Waals surface area contributed by atoms with Crippen molar-refractivity contribution in [1.29, 1.82) is 0 Å². The molecule has 0 aliphatic heterocycles. The quantitative estimate of drug-likeness (QED) is 0.881. The number of nitrogens with two attached hydrogens (primary N) is 1. The second-order valence-electron chi connectivity index (χ2n) is 4.18. The van der Waals surface area contributed by atoms with Gasteiger partial charge in [0.15, 0.2) is 0 Å². The van der Waals surface area contributed by atoms with Crippen molar-refractivity contribution in [2.75, 3.05) is 7.05 Å². The molecule has 0 saturated heterocycles. The molecule has 0 radical (unpaired) electrons. The Kier molecular flexibility index (Phi) is 6.92. The van der Waals surface area contributed by atoms with Crippen molar-refractivity contribution < 1.29 is 9.21 Å². The van der Waals surface area contributed by atoms with E-state index in [1.165, 1.54) is 0 Å². The molecule has 1 aromatic rings. The zero-order valence-electron chi connectivity index (χ0n) is 10.6. The van der Waals surface area contributed by atoms with Crippen molar-refractivity contribution in [3.8, 4) is 0 Å². The molecule has 0 aliphatic rings. The van der Waals surface area contributed by atoms with E-state index in [-0.39, 0.29) is 24.2 Å². The highest BCUT2D eigenvalue weighted by Crippen LogP contribution is 2.10. The fraction of sp³-hybridized carbons (Fsp3) is 0.583. The molecular weight excluding hydrogens is 240 g/mol. The van der Waals surface area contributed by atoms with Crippen LogP contribution in [0.1, 0.15) is 26.0 Å². The summed E-state index contributed by atoms with van der Waals surface area (Å²) in [6.07, 6.45) is 2.50. The Bertz CT molecular complexity index is 327. The summed E-state index contributed by atoms with van der Waals surface area (Å²) < 4.78 is 5.19. The van der Waals surface area contributed by atoms with Crippen molar-refractivity contribution in [2.45, 2.75) is 32.9 Å². The summed E-state index contributed by atoms with van der Waals surface area (Å²) in [4.78, 5) is 13.5. The fourth-order valence-corrected chi connectivity index (χ4v) is 1.47. The molecular formula is C12H21ClN2O2. The van der Waals surface area contributed by atoms with Crippen LogP contribution in [-0.2, 0) is 11.3 Å². The third kappa shape index (κ3) is 4.40. The Morgan fingerprint density at radius 2 is 2.24 bits per heavy atom. The van der Waals surface area contributed by atoms with Gasteiger partial charge in [-0.1, -0.05) is 20.3 Å². The maximum atomic E-state index is 11.9. The summed E-state index contributed by atoms with van der Waals surface area (Å²) >= 11 is 0. The van der Waals surface area contributed by atoms with E-state index in [4.69, 9.17) is 10.2 Å². The van der Waals surface area contributed by atoms with Gasteiger partial charge in [-0.3, -0.25) is 4.79 Å².